The first kappa shape index (κ1) is 22.3. The van der Waals surface area contributed by atoms with Gasteiger partial charge in [0, 0.05) is 23.6 Å². The number of fused-ring (bicyclic) bond motifs is 3. The molecule has 0 saturated carbocycles. The highest BCUT2D eigenvalue weighted by atomic mass is 32.2. The minimum atomic E-state index is -3.91. The van der Waals surface area contributed by atoms with E-state index in [0.29, 0.717) is 24.3 Å². The number of benzene rings is 2. The van der Waals surface area contributed by atoms with Crippen molar-refractivity contribution >= 4 is 26.9 Å². The zero-order valence-corrected chi connectivity index (χ0v) is 19.5. The Balaban J connectivity index is 1.76. The fourth-order valence-electron chi connectivity index (χ4n) is 4.07. The smallest absolute Gasteiger partial charge is 0.411 e. The zero-order valence-electron chi connectivity index (χ0n) is 18.7. The number of hydrogen-bond acceptors (Lipinski definition) is 5. The van der Waals surface area contributed by atoms with Crippen molar-refractivity contribution in [1.29, 1.82) is 0 Å². The minimum Gasteiger partial charge on any atom is -0.458 e. The van der Waals surface area contributed by atoms with Crippen LogP contribution in [-0.2, 0) is 26.5 Å². The molecule has 6 nitrogen and oxygen atoms in total. The number of carbonyl (C=O) groups excluding carboxylic acids is 1. The van der Waals surface area contributed by atoms with Gasteiger partial charge in [0.05, 0.1) is 15.3 Å². The first-order valence-corrected chi connectivity index (χ1v) is 11.9. The van der Waals surface area contributed by atoms with Crippen LogP contribution in [0, 0.1) is 5.82 Å². The predicted molar refractivity (Wildman–Crippen MR) is 118 cm³/mol. The first-order valence-electron chi connectivity index (χ1n) is 10.4. The van der Waals surface area contributed by atoms with Gasteiger partial charge in [-0.2, -0.15) is 0 Å². The average molecular weight is 460 g/mol. The summed E-state index contributed by atoms with van der Waals surface area (Å²) in [6.45, 7) is 9.65. The number of furan rings is 1. The molecule has 0 bridgehead atoms. The largest absolute Gasteiger partial charge is 0.458 e. The van der Waals surface area contributed by atoms with E-state index in [1.165, 1.54) is 30.3 Å². The Morgan fingerprint density at radius 3 is 2.47 bits per heavy atom. The Labute approximate surface area is 186 Å². The lowest BCUT2D eigenvalue weighted by Crippen LogP contribution is -2.51. The summed E-state index contributed by atoms with van der Waals surface area (Å²) in [6.07, 6.45) is 0.129. The molecule has 0 saturated heterocycles. The molecule has 2 aromatic carbocycles. The summed E-state index contributed by atoms with van der Waals surface area (Å²) in [6, 6.07) is 9.59. The molecular weight excluding hydrogens is 433 g/mol. The highest BCUT2D eigenvalue weighted by Gasteiger charge is 2.43. The molecule has 170 valence electrons. The summed E-state index contributed by atoms with van der Waals surface area (Å²) < 4.78 is 51.3. The van der Waals surface area contributed by atoms with E-state index >= 15 is 0 Å². The van der Waals surface area contributed by atoms with Crippen LogP contribution in [0.15, 0.2) is 56.7 Å². The molecule has 0 spiro atoms. The van der Waals surface area contributed by atoms with E-state index in [0.717, 1.165) is 17.0 Å². The summed E-state index contributed by atoms with van der Waals surface area (Å²) in [5.41, 5.74) is -0.0519. The molecule has 32 heavy (non-hydrogen) atoms. The second-order valence-electron chi connectivity index (χ2n) is 9.47. The highest BCUT2D eigenvalue weighted by Crippen LogP contribution is 2.42. The van der Waals surface area contributed by atoms with Crippen molar-refractivity contribution in [2.45, 2.75) is 62.0 Å². The number of rotatable bonds is 2. The van der Waals surface area contributed by atoms with Gasteiger partial charge in [-0.1, -0.05) is 6.07 Å². The Kier molecular flexibility index (Phi) is 5.12. The number of hydrogen-bond donors (Lipinski definition) is 0. The highest BCUT2D eigenvalue weighted by molar-refractivity contribution is 7.91. The Morgan fingerprint density at radius 1 is 1.12 bits per heavy atom. The maximum atomic E-state index is 13.6. The van der Waals surface area contributed by atoms with E-state index in [1.807, 2.05) is 34.6 Å². The fourth-order valence-corrected chi connectivity index (χ4v) is 5.38. The number of nitrogens with zero attached hydrogens (tertiary/aromatic N) is 1. The summed E-state index contributed by atoms with van der Waals surface area (Å²) in [7, 11) is -3.91. The van der Waals surface area contributed by atoms with Crippen LogP contribution in [0.2, 0.25) is 0 Å². The van der Waals surface area contributed by atoms with Gasteiger partial charge in [0.25, 0.3) is 0 Å². The number of carbonyl (C=O) groups is 1. The SMILES string of the molecule is CC(C)(C)OC(=O)N1CCc2c(oc3cc(S(=O)(=O)c4cccc(F)c4)ccc23)C1(C)C. The molecule has 4 rings (SSSR count). The molecule has 3 aromatic rings. The van der Waals surface area contributed by atoms with Crippen LogP contribution in [0.25, 0.3) is 11.0 Å². The van der Waals surface area contributed by atoms with Gasteiger partial charge in [-0.05, 0) is 71.4 Å². The molecular formula is C24H26FNO5S. The lowest BCUT2D eigenvalue weighted by atomic mass is 9.89. The lowest BCUT2D eigenvalue weighted by Gasteiger charge is -2.41. The number of ether oxygens (including phenoxy) is 1. The van der Waals surface area contributed by atoms with E-state index in [-0.39, 0.29) is 9.79 Å². The monoisotopic (exact) mass is 459 g/mol. The zero-order chi connectivity index (χ0) is 23.5. The predicted octanol–water partition coefficient (Wildman–Crippen LogP) is 5.43. The van der Waals surface area contributed by atoms with E-state index in [1.54, 1.807) is 11.0 Å². The van der Waals surface area contributed by atoms with E-state index < -0.39 is 32.9 Å². The molecule has 0 unspecified atom stereocenters. The van der Waals surface area contributed by atoms with Gasteiger partial charge in [-0.15, -0.1) is 0 Å². The molecule has 0 fully saturated rings. The van der Waals surface area contributed by atoms with Crippen LogP contribution in [-0.4, -0.2) is 31.6 Å². The van der Waals surface area contributed by atoms with Gasteiger partial charge < -0.3 is 9.15 Å². The number of halogens is 1. The van der Waals surface area contributed by atoms with Gasteiger partial charge in [0.1, 0.15) is 22.8 Å². The normalized spacial score (nSPS) is 16.1. The third-order valence-corrected chi connectivity index (χ3v) is 7.36. The summed E-state index contributed by atoms with van der Waals surface area (Å²) in [4.78, 5) is 14.3. The molecule has 1 aliphatic heterocycles. The second-order valence-corrected chi connectivity index (χ2v) is 11.4. The van der Waals surface area contributed by atoms with Crippen LogP contribution in [0.1, 0.15) is 45.9 Å². The first-order chi connectivity index (χ1) is 14.8. The van der Waals surface area contributed by atoms with Crippen molar-refractivity contribution < 1.29 is 26.8 Å². The topological polar surface area (TPSA) is 76.8 Å². The summed E-state index contributed by atoms with van der Waals surface area (Å²) in [5, 5.41) is 0.801. The molecule has 1 amide bonds. The van der Waals surface area contributed by atoms with Gasteiger partial charge in [-0.25, -0.2) is 17.6 Å². The number of amides is 1. The third kappa shape index (κ3) is 3.77. The van der Waals surface area contributed by atoms with Crippen LogP contribution in [0.4, 0.5) is 9.18 Å². The van der Waals surface area contributed by atoms with Gasteiger partial charge in [0.2, 0.25) is 9.84 Å². The van der Waals surface area contributed by atoms with Gasteiger partial charge in [-0.3, -0.25) is 4.90 Å². The molecule has 0 radical (unpaired) electrons. The third-order valence-electron chi connectivity index (χ3n) is 5.61. The second kappa shape index (κ2) is 7.33. The van der Waals surface area contributed by atoms with Crippen LogP contribution < -0.4 is 0 Å². The standard InChI is InChI=1S/C24H26FNO5S/c1-23(2,3)31-22(27)26-12-11-19-18-10-9-17(14-20(18)30-21(19)24(26,4)5)32(28,29)16-8-6-7-15(25)13-16/h6-10,13-14H,11-12H2,1-5H3. The summed E-state index contributed by atoms with van der Waals surface area (Å²) in [5.74, 6) is -0.0190. The number of sulfone groups is 1. The van der Waals surface area contributed by atoms with Gasteiger partial charge >= 0.3 is 6.09 Å². The molecule has 1 aliphatic rings. The minimum absolute atomic E-state index is 0.0171. The molecule has 0 aliphatic carbocycles. The molecule has 0 atom stereocenters. The maximum Gasteiger partial charge on any atom is 0.411 e. The Morgan fingerprint density at radius 2 is 1.81 bits per heavy atom. The van der Waals surface area contributed by atoms with Crippen molar-refractivity contribution in [3.8, 4) is 0 Å². The van der Waals surface area contributed by atoms with Crippen molar-refractivity contribution in [2.24, 2.45) is 0 Å². The van der Waals surface area contributed by atoms with Crippen LogP contribution in [0.5, 0.6) is 0 Å². The van der Waals surface area contributed by atoms with Gasteiger partial charge in [0.15, 0.2) is 0 Å². The summed E-state index contributed by atoms with van der Waals surface area (Å²) >= 11 is 0. The maximum absolute atomic E-state index is 13.6. The van der Waals surface area contributed by atoms with E-state index in [4.69, 9.17) is 9.15 Å². The van der Waals surface area contributed by atoms with E-state index in [2.05, 4.69) is 0 Å². The van der Waals surface area contributed by atoms with Crippen molar-refractivity contribution in [3.63, 3.8) is 0 Å². The Bertz CT molecular complexity index is 1320. The lowest BCUT2D eigenvalue weighted by molar-refractivity contribution is -0.00480. The van der Waals surface area contributed by atoms with Crippen molar-refractivity contribution in [2.75, 3.05) is 6.54 Å². The Hall–Kier alpha value is -2.87. The molecule has 1 aromatic heterocycles. The molecule has 8 heteroatoms. The molecule has 2 heterocycles. The van der Waals surface area contributed by atoms with Crippen LogP contribution >= 0.6 is 0 Å². The quantitative estimate of drug-likeness (QED) is 0.511. The van der Waals surface area contributed by atoms with Crippen LogP contribution in [0.3, 0.4) is 0 Å². The van der Waals surface area contributed by atoms with E-state index in [9.17, 15) is 17.6 Å². The molecule has 0 N–H and O–H groups in total. The average Bonchev–Trinajstić information content (AvgIpc) is 3.06. The fraction of sp³-hybridized carbons (Fsp3) is 0.375. The van der Waals surface area contributed by atoms with Crippen molar-refractivity contribution in [3.05, 3.63) is 59.6 Å². The van der Waals surface area contributed by atoms with Crippen molar-refractivity contribution in [1.82, 2.24) is 4.90 Å².